The first-order valence-electron chi connectivity index (χ1n) is 5.97. The van der Waals surface area contributed by atoms with Crippen LogP contribution < -0.4 is 5.32 Å². The third-order valence-electron chi connectivity index (χ3n) is 3.23. The van der Waals surface area contributed by atoms with Crippen molar-refractivity contribution in [2.45, 2.75) is 46.1 Å². The van der Waals surface area contributed by atoms with Crippen molar-refractivity contribution in [2.24, 2.45) is 0 Å². The molecule has 1 aliphatic carbocycles. The molecule has 0 aliphatic heterocycles. The van der Waals surface area contributed by atoms with Crippen LogP contribution in [0.4, 0.5) is 0 Å². The van der Waals surface area contributed by atoms with Crippen LogP contribution in [0.3, 0.4) is 0 Å². The lowest BCUT2D eigenvalue weighted by Crippen LogP contribution is -2.20. The quantitative estimate of drug-likeness (QED) is 0.793. The topological polar surface area (TPSA) is 12.0 Å². The Morgan fingerprint density at radius 2 is 1.73 bits per heavy atom. The second kappa shape index (κ2) is 4.36. The summed E-state index contributed by atoms with van der Waals surface area (Å²) in [6, 6.07) is 5.41. The van der Waals surface area contributed by atoms with Gasteiger partial charge in [-0.3, -0.25) is 0 Å². The first-order valence-corrected chi connectivity index (χ1v) is 5.97. The molecule has 82 valence electrons. The monoisotopic (exact) mass is 203 g/mol. The maximum Gasteiger partial charge on any atom is 0.00683 e. The largest absolute Gasteiger partial charge is 0.314 e. The highest BCUT2D eigenvalue weighted by Crippen LogP contribution is 2.20. The van der Waals surface area contributed by atoms with Gasteiger partial charge >= 0.3 is 0 Å². The van der Waals surface area contributed by atoms with Crippen molar-refractivity contribution in [1.29, 1.82) is 0 Å². The highest BCUT2D eigenvalue weighted by Gasteiger charge is 2.19. The molecule has 0 bridgehead atoms. The summed E-state index contributed by atoms with van der Waals surface area (Å²) in [6.45, 7) is 7.76. The van der Waals surface area contributed by atoms with E-state index in [4.69, 9.17) is 0 Å². The molecule has 1 heteroatoms. The summed E-state index contributed by atoms with van der Waals surface area (Å²) in [5.41, 5.74) is 5.81. The summed E-state index contributed by atoms with van der Waals surface area (Å²) < 4.78 is 0. The van der Waals surface area contributed by atoms with E-state index in [1.165, 1.54) is 41.5 Å². The molecule has 0 aromatic heterocycles. The van der Waals surface area contributed by atoms with Gasteiger partial charge in [-0.25, -0.2) is 0 Å². The Kier molecular flexibility index (Phi) is 3.11. The minimum Gasteiger partial charge on any atom is -0.314 e. The van der Waals surface area contributed by atoms with E-state index in [1.54, 1.807) is 0 Å². The molecule has 1 aromatic carbocycles. The summed E-state index contributed by atoms with van der Waals surface area (Å²) in [5, 5.41) is 3.57. The highest BCUT2D eigenvalue weighted by atomic mass is 14.9. The van der Waals surface area contributed by atoms with Crippen molar-refractivity contribution in [3.8, 4) is 0 Å². The van der Waals surface area contributed by atoms with Crippen LogP contribution in [0.1, 0.15) is 35.1 Å². The van der Waals surface area contributed by atoms with Gasteiger partial charge in [0.15, 0.2) is 0 Å². The zero-order chi connectivity index (χ0) is 10.8. The molecule has 1 saturated carbocycles. The minimum atomic E-state index is 0.830. The SMILES string of the molecule is Cc1cc(C)c(CCNC2CC2)c(C)c1. The number of rotatable bonds is 4. The van der Waals surface area contributed by atoms with Crippen LogP contribution in [0.2, 0.25) is 0 Å². The van der Waals surface area contributed by atoms with E-state index in [1.807, 2.05) is 0 Å². The normalized spacial score (nSPS) is 15.7. The van der Waals surface area contributed by atoms with Crippen molar-refractivity contribution >= 4 is 0 Å². The van der Waals surface area contributed by atoms with Gasteiger partial charge in [0.1, 0.15) is 0 Å². The predicted octanol–water partition coefficient (Wildman–Crippen LogP) is 2.91. The van der Waals surface area contributed by atoms with Gasteiger partial charge in [0, 0.05) is 6.04 Å². The highest BCUT2D eigenvalue weighted by molar-refractivity contribution is 5.37. The number of hydrogen-bond donors (Lipinski definition) is 1. The molecule has 15 heavy (non-hydrogen) atoms. The molecule has 0 saturated heterocycles. The van der Waals surface area contributed by atoms with E-state index >= 15 is 0 Å². The van der Waals surface area contributed by atoms with Gasteiger partial charge in [-0.05, 0) is 63.3 Å². The zero-order valence-corrected chi connectivity index (χ0v) is 10.1. The molecular formula is C14H21N. The average molecular weight is 203 g/mol. The summed E-state index contributed by atoms with van der Waals surface area (Å²) in [5.74, 6) is 0. The van der Waals surface area contributed by atoms with Gasteiger partial charge in [0.2, 0.25) is 0 Å². The van der Waals surface area contributed by atoms with Crippen LogP contribution in [0.5, 0.6) is 0 Å². The Bertz CT molecular complexity index is 327. The van der Waals surface area contributed by atoms with Crippen LogP contribution in [-0.2, 0) is 6.42 Å². The van der Waals surface area contributed by atoms with Crippen LogP contribution in [0.25, 0.3) is 0 Å². The smallest absolute Gasteiger partial charge is 0.00683 e. The fourth-order valence-corrected chi connectivity index (χ4v) is 2.29. The van der Waals surface area contributed by atoms with Crippen LogP contribution in [0, 0.1) is 20.8 Å². The Labute approximate surface area is 92.9 Å². The van der Waals surface area contributed by atoms with Gasteiger partial charge < -0.3 is 5.32 Å². The van der Waals surface area contributed by atoms with E-state index in [0.29, 0.717) is 0 Å². The Morgan fingerprint density at radius 1 is 1.13 bits per heavy atom. The minimum absolute atomic E-state index is 0.830. The second-order valence-corrected chi connectivity index (χ2v) is 4.86. The molecular weight excluding hydrogens is 182 g/mol. The van der Waals surface area contributed by atoms with E-state index in [-0.39, 0.29) is 0 Å². The summed E-state index contributed by atoms with van der Waals surface area (Å²) in [4.78, 5) is 0. The number of hydrogen-bond acceptors (Lipinski definition) is 1. The summed E-state index contributed by atoms with van der Waals surface area (Å²) in [6.07, 6.45) is 3.94. The van der Waals surface area contributed by atoms with Crippen molar-refractivity contribution < 1.29 is 0 Å². The summed E-state index contributed by atoms with van der Waals surface area (Å²) >= 11 is 0. The molecule has 1 N–H and O–H groups in total. The molecule has 1 fully saturated rings. The van der Waals surface area contributed by atoms with Crippen LogP contribution in [0.15, 0.2) is 12.1 Å². The lowest BCUT2D eigenvalue weighted by molar-refractivity contribution is 0.679. The van der Waals surface area contributed by atoms with E-state index in [0.717, 1.165) is 12.6 Å². The summed E-state index contributed by atoms with van der Waals surface area (Å²) in [7, 11) is 0. The van der Waals surface area contributed by atoms with Gasteiger partial charge in [-0.1, -0.05) is 17.7 Å². The standard InChI is InChI=1S/C14H21N/c1-10-8-11(2)14(12(3)9-10)6-7-15-13-4-5-13/h8-9,13,15H,4-7H2,1-3H3. The number of aryl methyl sites for hydroxylation is 3. The molecule has 0 radical (unpaired) electrons. The fraction of sp³-hybridized carbons (Fsp3) is 0.571. The first kappa shape index (κ1) is 10.7. The Hall–Kier alpha value is -0.820. The molecule has 1 nitrogen and oxygen atoms in total. The lowest BCUT2D eigenvalue weighted by Gasteiger charge is -2.11. The third-order valence-corrected chi connectivity index (χ3v) is 3.23. The van der Waals surface area contributed by atoms with Gasteiger partial charge in [-0.15, -0.1) is 0 Å². The molecule has 0 spiro atoms. The number of benzene rings is 1. The molecule has 0 amide bonds. The molecule has 1 aromatic rings. The van der Waals surface area contributed by atoms with Gasteiger partial charge in [0.25, 0.3) is 0 Å². The van der Waals surface area contributed by atoms with Crippen molar-refractivity contribution in [2.75, 3.05) is 6.54 Å². The Balaban J connectivity index is 1.99. The molecule has 2 rings (SSSR count). The van der Waals surface area contributed by atoms with E-state index in [9.17, 15) is 0 Å². The zero-order valence-electron chi connectivity index (χ0n) is 10.1. The van der Waals surface area contributed by atoms with E-state index < -0.39 is 0 Å². The second-order valence-electron chi connectivity index (χ2n) is 4.86. The van der Waals surface area contributed by atoms with Crippen molar-refractivity contribution in [3.63, 3.8) is 0 Å². The van der Waals surface area contributed by atoms with Gasteiger partial charge in [0.05, 0.1) is 0 Å². The van der Waals surface area contributed by atoms with Crippen LogP contribution >= 0.6 is 0 Å². The predicted molar refractivity (Wildman–Crippen MR) is 65.4 cm³/mol. The number of nitrogens with one attached hydrogen (secondary N) is 1. The van der Waals surface area contributed by atoms with E-state index in [2.05, 4.69) is 38.2 Å². The maximum atomic E-state index is 3.57. The molecule has 0 atom stereocenters. The molecule has 1 aliphatic rings. The first-order chi connectivity index (χ1) is 7.16. The van der Waals surface area contributed by atoms with Crippen molar-refractivity contribution in [1.82, 2.24) is 5.32 Å². The lowest BCUT2D eigenvalue weighted by atomic mass is 9.97. The molecule has 0 unspecified atom stereocenters. The van der Waals surface area contributed by atoms with Gasteiger partial charge in [-0.2, -0.15) is 0 Å². The Morgan fingerprint density at radius 3 is 2.27 bits per heavy atom. The maximum absolute atomic E-state index is 3.57. The average Bonchev–Trinajstić information content (AvgIpc) is 2.93. The fourth-order valence-electron chi connectivity index (χ4n) is 2.29. The van der Waals surface area contributed by atoms with Crippen LogP contribution in [-0.4, -0.2) is 12.6 Å². The van der Waals surface area contributed by atoms with Crippen molar-refractivity contribution in [3.05, 3.63) is 34.4 Å². The third kappa shape index (κ3) is 2.82. The molecule has 0 heterocycles.